The Labute approximate surface area is 204 Å². The van der Waals surface area contributed by atoms with E-state index in [-0.39, 0.29) is 17.6 Å². The fourth-order valence-corrected chi connectivity index (χ4v) is 4.64. The number of nitrogens with zero attached hydrogens (tertiary/aromatic N) is 4. The van der Waals surface area contributed by atoms with Gasteiger partial charge in [0, 0.05) is 23.6 Å². The Kier molecular flexibility index (Phi) is 7.61. The summed E-state index contributed by atoms with van der Waals surface area (Å²) in [4.78, 5) is 33.7. The number of ether oxygens (including phenoxy) is 1. The van der Waals surface area contributed by atoms with Gasteiger partial charge < -0.3 is 10.1 Å². The summed E-state index contributed by atoms with van der Waals surface area (Å²) in [6, 6.07) is 14.2. The van der Waals surface area contributed by atoms with Gasteiger partial charge >= 0.3 is 5.97 Å². The molecule has 4 rings (SSSR count). The summed E-state index contributed by atoms with van der Waals surface area (Å²) in [6.07, 6.45) is 3.52. The number of carbonyl (C=O) groups is 2. The van der Waals surface area contributed by atoms with Gasteiger partial charge in [-0.3, -0.25) is 9.78 Å². The number of nitrogens with one attached hydrogen (secondary N) is 1. The van der Waals surface area contributed by atoms with Crippen LogP contribution in [0.4, 0.5) is 5.69 Å². The lowest BCUT2D eigenvalue weighted by atomic mass is 10.2. The number of carbonyl (C=O) groups excluding carboxylic acids is 2. The maximum atomic E-state index is 12.3. The zero-order valence-corrected chi connectivity index (χ0v) is 20.2. The van der Waals surface area contributed by atoms with Crippen LogP contribution in [0.25, 0.3) is 21.1 Å². The number of thioether (sulfide) groups is 1. The van der Waals surface area contributed by atoms with Crippen LogP contribution in [-0.2, 0) is 9.53 Å². The average Bonchev–Trinajstić information content (AvgIpc) is 3.26. The molecule has 0 aliphatic rings. The van der Waals surface area contributed by atoms with Gasteiger partial charge in [-0.05, 0) is 62.4 Å². The minimum absolute atomic E-state index is 0.179. The van der Waals surface area contributed by atoms with E-state index < -0.39 is 0 Å². The third-order valence-electron chi connectivity index (χ3n) is 4.61. The van der Waals surface area contributed by atoms with Crippen LogP contribution in [0, 0.1) is 6.92 Å². The number of benzene rings is 1. The van der Waals surface area contributed by atoms with Crippen LogP contribution in [0.5, 0.6) is 0 Å². The van der Waals surface area contributed by atoms with E-state index in [1.165, 1.54) is 11.8 Å². The predicted octanol–water partition coefficient (Wildman–Crippen LogP) is 4.88. The smallest absolute Gasteiger partial charge is 0.338 e. The minimum Gasteiger partial charge on any atom is -0.462 e. The van der Waals surface area contributed by atoms with Crippen LogP contribution in [0.3, 0.4) is 0 Å². The second-order valence-corrected chi connectivity index (χ2v) is 9.06. The van der Waals surface area contributed by atoms with Crippen molar-refractivity contribution in [3.05, 3.63) is 72.2 Å². The number of amides is 1. The van der Waals surface area contributed by atoms with Crippen molar-refractivity contribution < 1.29 is 14.3 Å². The third kappa shape index (κ3) is 5.83. The van der Waals surface area contributed by atoms with Crippen molar-refractivity contribution in [1.29, 1.82) is 0 Å². The van der Waals surface area contributed by atoms with E-state index in [1.807, 2.05) is 31.2 Å². The fraction of sp³-hybridized carbons (Fsp3) is 0.167. The first-order valence-electron chi connectivity index (χ1n) is 10.4. The predicted molar refractivity (Wildman–Crippen MR) is 133 cm³/mol. The summed E-state index contributed by atoms with van der Waals surface area (Å²) >= 11 is 2.84. The number of anilines is 1. The molecule has 0 bridgehead atoms. The Hall–Kier alpha value is -3.63. The summed E-state index contributed by atoms with van der Waals surface area (Å²) in [5, 5.41) is 12.9. The SMILES string of the molecule is CCOC(=O)c1ccc(NC(=O)CSc2ccc(-c3sc(-c4cccnc4)nc3C)nn2)cc1. The van der Waals surface area contributed by atoms with Crippen LogP contribution < -0.4 is 5.32 Å². The lowest BCUT2D eigenvalue weighted by Gasteiger charge is -2.06. The van der Waals surface area contributed by atoms with E-state index in [1.54, 1.807) is 54.9 Å². The molecule has 10 heteroatoms. The molecule has 0 saturated carbocycles. The summed E-state index contributed by atoms with van der Waals surface area (Å²) in [5.74, 6) is -0.391. The molecular formula is C24H21N5O3S2. The number of aryl methyl sites for hydroxylation is 1. The average molecular weight is 492 g/mol. The first kappa shape index (κ1) is 23.5. The van der Waals surface area contributed by atoms with Crippen molar-refractivity contribution in [1.82, 2.24) is 20.2 Å². The first-order valence-corrected chi connectivity index (χ1v) is 12.3. The number of aromatic nitrogens is 4. The molecule has 4 aromatic rings. The van der Waals surface area contributed by atoms with Gasteiger partial charge in [0.15, 0.2) is 0 Å². The lowest BCUT2D eigenvalue weighted by molar-refractivity contribution is -0.113. The van der Waals surface area contributed by atoms with E-state index in [0.29, 0.717) is 22.9 Å². The highest BCUT2D eigenvalue weighted by atomic mass is 32.2. The standard InChI is InChI=1S/C24H21N5O3S2/c1-3-32-24(31)16-6-8-18(9-7-16)27-20(30)14-33-21-11-10-19(28-29-21)22-15(2)26-23(34-22)17-5-4-12-25-13-17/h4-13H,3,14H2,1-2H3,(H,27,30). The zero-order chi connectivity index (χ0) is 23.9. The summed E-state index contributed by atoms with van der Waals surface area (Å²) in [5.41, 5.74) is 3.62. The van der Waals surface area contributed by atoms with Gasteiger partial charge in [0.05, 0.1) is 28.5 Å². The highest BCUT2D eigenvalue weighted by Crippen LogP contribution is 2.34. The van der Waals surface area contributed by atoms with Crippen LogP contribution in [-0.4, -0.2) is 44.4 Å². The second kappa shape index (κ2) is 11.0. The molecule has 8 nitrogen and oxygen atoms in total. The number of esters is 1. The van der Waals surface area contributed by atoms with Crippen LogP contribution in [0.2, 0.25) is 0 Å². The maximum Gasteiger partial charge on any atom is 0.338 e. The Morgan fingerprint density at radius 3 is 2.59 bits per heavy atom. The Bertz CT molecular complexity index is 1280. The quantitative estimate of drug-likeness (QED) is 0.275. The van der Waals surface area contributed by atoms with Crippen molar-refractivity contribution in [2.24, 2.45) is 0 Å². The van der Waals surface area contributed by atoms with Crippen molar-refractivity contribution >= 4 is 40.7 Å². The molecule has 3 aromatic heterocycles. The highest BCUT2D eigenvalue weighted by molar-refractivity contribution is 7.99. The molecule has 1 amide bonds. The molecule has 3 heterocycles. The molecule has 0 radical (unpaired) electrons. The monoisotopic (exact) mass is 491 g/mol. The maximum absolute atomic E-state index is 12.3. The van der Waals surface area contributed by atoms with Crippen molar-refractivity contribution in [3.63, 3.8) is 0 Å². The Balaban J connectivity index is 1.33. The van der Waals surface area contributed by atoms with E-state index in [4.69, 9.17) is 4.74 Å². The number of hydrogen-bond acceptors (Lipinski definition) is 9. The number of pyridine rings is 1. The van der Waals surface area contributed by atoms with Crippen molar-refractivity contribution in [2.75, 3.05) is 17.7 Å². The van der Waals surface area contributed by atoms with E-state index in [9.17, 15) is 9.59 Å². The first-order chi connectivity index (χ1) is 16.5. The van der Waals surface area contributed by atoms with Gasteiger partial charge in [-0.2, -0.15) is 0 Å². The minimum atomic E-state index is -0.389. The van der Waals surface area contributed by atoms with Crippen LogP contribution in [0.15, 0.2) is 66.0 Å². The zero-order valence-electron chi connectivity index (χ0n) is 18.5. The molecule has 172 valence electrons. The molecule has 0 unspecified atom stereocenters. The molecule has 0 saturated heterocycles. The van der Waals surface area contributed by atoms with Crippen LogP contribution >= 0.6 is 23.1 Å². The Morgan fingerprint density at radius 1 is 1.09 bits per heavy atom. The summed E-state index contributed by atoms with van der Waals surface area (Å²) in [6.45, 7) is 4.01. The molecule has 0 spiro atoms. The van der Waals surface area contributed by atoms with Gasteiger partial charge in [0.2, 0.25) is 5.91 Å². The second-order valence-electron chi connectivity index (χ2n) is 7.07. The van der Waals surface area contributed by atoms with Gasteiger partial charge in [-0.1, -0.05) is 11.8 Å². The van der Waals surface area contributed by atoms with Crippen molar-refractivity contribution in [3.8, 4) is 21.1 Å². The van der Waals surface area contributed by atoms with E-state index in [0.717, 1.165) is 26.8 Å². The molecular weight excluding hydrogens is 470 g/mol. The molecule has 0 aliphatic heterocycles. The Morgan fingerprint density at radius 2 is 1.91 bits per heavy atom. The van der Waals surface area contributed by atoms with Gasteiger partial charge in [0.1, 0.15) is 15.7 Å². The van der Waals surface area contributed by atoms with Gasteiger partial charge in [0.25, 0.3) is 0 Å². The van der Waals surface area contributed by atoms with E-state index >= 15 is 0 Å². The highest BCUT2D eigenvalue weighted by Gasteiger charge is 2.14. The van der Waals surface area contributed by atoms with Crippen LogP contribution in [0.1, 0.15) is 23.0 Å². The van der Waals surface area contributed by atoms with Gasteiger partial charge in [-0.15, -0.1) is 21.5 Å². The largest absolute Gasteiger partial charge is 0.462 e. The molecule has 34 heavy (non-hydrogen) atoms. The molecule has 0 fully saturated rings. The number of rotatable bonds is 8. The van der Waals surface area contributed by atoms with Gasteiger partial charge in [-0.25, -0.2) is 9.78 Å². The topological polar surface area (TPSA) is 107 Å². The molecule has 1 aromatic carbocycles. The fourth-order valence-electron chi connectivity index (χ4n) is 3.01. The number of hydrogen-bond donors (Lipinski definition) is 1. The molecule has 1 N–H and O–H groups in total. The molecule has 0 atom stereocenters. The third-order valence-corrected chi connectivity index (χ3v) is 6.76. The lowest BCUT2D eigenvalue weighted by Crippen LogP contribution is -2.14. The number of thiazole rings is 1. The molecule has 0 aliphatic carbocycles. The van der Waals surface area contributed by atoms with Crippen molar-refractivity contribution in [2.45, 2.75) is 18.9 Å². The summed E-state index contributed by atoms with van der Waals surface area (Å²) in [7, 11) is 0. The van der Waals surface area contributed by atoms with E-state index in [2.05, 4.69) is 25.5 Å². The normalized spacial score (nSPS) is 10.6. The summed E-state index contributed by atoms with van der Waals surface area (Å²) < 4.78 is 4.95.